The summed E-state index contributed by atoms with van der Waals surface area (Å²) in [5.41, 5.74) is 1.40. The van der Waals surface area contributed by atoms with Gasteiger partial charge in [-0.2, -0.15) is 0 Å². The molecule has 1 heterocycles. The fourth-order valence-corrected chi connectivity index (χ4v) is 3.81. The smallest absolute Gasteiger partial charge is 0.273 e. The standard InChI is InChI=1S/C22H27N3O4/c1-23(22(26)15-18-8-3-4-11-20(18)25(27)28)21(16-24-12-5-6-13-24)17-9-7-10-19(14-17)29-2/h3-4,7-11,14,21H,5-6,12-13,15-16H2,1-2H3/t21-/m0/s1. The zero-order chi connectivity index (χ0) is 20.8. The van der Waals surface area contributed by atoms with Gasteiger partial charge in [0.15, 0.2) is 0 Å². The molecule has 154 valence electrons. The number of methoxy groups -OCH3 is 1. The van der Waals surface area contributed by atoms with Gasteiger partial charge in [-0.3, -0.25) is 14.9 Å². The highest BCUT2D eigenvalue weighted by Gasteiger charge is 2.27. The van der Waals surface area contributed by atoms with Crippen molar-refractivity contribution in [3.63, 3.8) is 0 Å². The van der Waals surface area contributed by atoms with Crippen molar-refractivity contribution in [1.82, 2.24) is 9.80 Å². The molecular weight excluding hydrogens is 370 g/mol. The van der Waals surface area contributed by atoms with Crippen LogP contribution in [0.2, 0.25) is 0 Å². The molecule has 7 heteroatoms. The number of amides is 1. The summed E-state index contributed by atoms with van der Waals surface area (Å²) < 4.78 is 5.36. The Morgan fingerprint density at radius 3 is 2.62 bits per heavy atom. The Hall–Kier alpha value is -2.93. The van der Waals surface area contributed by atoms with Gasteiger partial charge in [-0.15, -0.1) is 0 Å². The molecule has 0 aromatic heterocycles. The summed E-state index contributed by atoms with van der Waals surface area (Å²) in [6, 6.07) is 14.0. The van der Waals surface area contributed by atoms with Crippen LogP contribution in [0.4, 0.5) is 5.69 Å². The summed E-state index contributed by atoms with van der Waals surface area (Å²) >= 11 is 0. The third-order valence-electron chi connectivity index (χ3n) is 5.50. The molecule has 2 aromatic carbocycles. The topological polar surface area (TPSA) is 75.9 Å². The van der Waals surface area contributed by atoms with Crippen LogP contribution in [-0.4, -0.2) is 54.4 Å². The first kappa shape index (κ1) is 20.8. The quantitative estimate of drug-likeness (QED) is 0.504. The molecule has 1 aliphatic rings. The van der Waals surface area contributed by atoms with Crippen molar-refractivity contribution in [1.29, 1.82) is 0 Å². The van der Waals surface area contributed by atoms with Crippen LogP contribution in [0.3, 0.4) is 0 Å². The summed E-state index contributed by atoms with van der Waals surface area (Å²) in [7, 11) is 3.40. The van der Waals surface area contributed by atoms with Crippen molar-refractivity contribution in [2.24, 2.45) is 0 Å². The van der Waals surface area contributed by atoms with Crippen LogP contribution in [0.1, 0.15) is 30.0 Å². The number of likely N-dealkylation sites (tertiary alicyclic amines) is 1. The first-order valence-electron chi connectivity index (χ1n) is 9.84. The van der Waals surface area contributed by atoms with Crippen LogP contribution in [0.5, 0.6) is 5.75 Å². The van der Waals surface area contributed by atoms with Gasteiger partial charge in [0.1, 0.15) is 5.75 Å². The van der Waals surface area contributed by atoms with E-state index in [2.05, 4.69) is 4.90 Å². The largest absolute Gasteiger partial charge is 0.497 e. The molecule has 1 atom stereocenters. The average molecular weight is 397 g/mol. The van der Waals surface area contributed by atoms with E-state index in [9.17, 15) is 14.9 Å². The Morgan fingerprint density at radius 2 is 1.93 bits per heavy atom. The zero-order valence-corrected chi connectivity index (χ0v) is 16.9. The molecule has 7 nitrogen and oxygen atoms in total. The fraction of sp³-hybridized carbons (Fsp3) is 0.409. The predicted octanol–water partition coefficient (Wildman–Crippen LogP) is 3.44. The van der Waals surface area contributed by atoms with E-state index >= 15 is 0 Å². The van der Waals surface area contributed by atoms with Crippen LogP contribution in [-0.2, 0) is 11.2 Å². The number of para-hydroxylation sites is 1. The van der Waals surface area contributed by atoms with Gasteiger partial charge in [0, 0.05) is 25.2 Å². The molecule has 1 amide bonds. The summed E-state index contributed by atoms with van der Waals surface area (Å²) in [6.45, 7) is 2.77. The second kappa shape index (κ2) is 9.52. The first-order chi connectivity index (χ1) is 14.0. The summed E-state index contributed by atoms with van der Waals surface area (Å²) in [5.74, 6) is 0.597. The molecule has 1 aliphatic heterocycles. The Kier molecular flexibility index (Phi) is 6.82. The summed E-state index contributed by atoms with van der Waals surface area (Å²) in [4.78, 5) is 28.0. The third-order valence-corrected chi connectivity index (χ3v) is 5.50. The molecule has 0 unspecified atom stereocenters. The predicted molar refractivity (Wildman–Crippen MR) is 111 cm³/mol. The van der Waals surface area contributed by atoms with Gasteiger partial charge in [-0.1, -0.05) is 30.3 Å². The van der Waals surface area contributed by atoms with Gasteiger partial charge in [0.05, 0.1) is 24.5 Å². The van der Waals surface area contributed by atoms with E-state index in [4.69, 9.17) is 4.74 Å². The van der Waals surface area contributed by atoms with Crippen molar-refractivity contribution in [3.8, 4) is 5.75 Å². The van der Waals surface area contributed by atoms with Crippen LogP contribution in [0.25, 0.3) is 0 Å². The number of nitro groups is 1. The van der Waals surface area contributed by atoms with Gasteiger partial charge in [-0.25, -0.2) is 0 Å². The van der Waals surface area contributed by atoms with Crippen LogP contribution in [0.15, 0.2) is 48.5 Å². The number of hydrogen-bond donors (Lipinski definition) is 0. The number of benzene rings is 2. The van der Waals surface area contributed by atoms with E-state index in [1.165, 1.54) is 18.9 Å². The minimum absolute atomic E-state index is 0.00583. The van der Waals surface area contributed by atoms with Gasteiger partial charge >= 0.3 is 0 Å². The van der Waals surface area contributed by atoms with Crippen LogP contribution >= 0.6 is 0 Å². The Labute approximate surface area is 171 Å². The number of nitrogens with zero attached hydrogens (tertiary/aromatic N) is 3. The highest BCUT2D eigenvalue weighted by molar-refractivity contribution is 5.80. The highest BCUT2D eigenvalue weighted by atomic mass is 16.6. The average Bonchev–Trinajstić information content (AvgIpc) is 3.25. The minimum atomic E-state index is -0.438. The lowest BCUT2D eigenvalue weighted by Crippen LogP contribution is -2.39. The van der Waals surface area contributed by atoms with E-state index < -0.39 is 4.92 Å². The zero-order valence-electron chi connectivity index (χ0n) is 16.9. The lowest BCUT2D eigenvalue weighted by Gasteiger charge is -2.32. The molecular formula is C22H27N3O4. The molecule has 0 aliphatic carbocycles. The highest BCUT2D eigenvalue weighted by Crippen LogP contribution is 2.27. The van der Waals surface area contributed by atoms with Gasteiger partial charge in [-0.05, 0) is 43.6 Å². The molecule has 29 heavy (non-hydrogen) atoms. The van der Waals surface area contributed by atoms with E-state index in [-0.39, 0.29) is 24.1 Å². The van der Waals surface area contributed by atoms with Crippen molar-refractivity contribution in [2.45, 2.75) is 25.3 Å². The maximum atomic E-state index is 13.1. The second-order valence-electron chi connectivity index (χ2n) is 7.37. The SMILES string of the molecule is COc1cccc([C@H](CN2CCCC2)N(C)C(=O)Cc2ccccc2[N+](=O)[O-])c1. The molecule has 0 spiro atoms. The lowest BCUT2D eigenvalue weighted by molar-refractivity contribution is -0.385. The van der Waals surface area contributed by atoms with Crippen molar-refractivity contribution in [3.05, 3.63) is 69.8 Å². The minimum Gasteiger partial charge on any atom is -0.497 e. The van der Waals surface area contributed by atoms with Crippen LogP contribution in [0, 0.1) is 10.1 Å². The molecule has 0 N–H and O–H groups in total. The van der Waals surface area contributed by atoms with E-state index in [1.54, 1.807) is 37.3 Å². The lowest BCUT2D eigenvalue weighted by atomic mass is 10.0. The molecule has 0 radical (unpaired) electrons. The number of hydrogen-bond acceptors (Lipinski definition) is 5. The number of rotatable bonds is 8. The van der Waals surface area contributed by atoms with Crippen molar-refractivity contribution in [2.75, 3.05) is 33.8 Å². The maximum Gasteiger partial charge on any atom is 0.273 e. The van der Waals surface area contributed by atoms with Gasteiger partial charge in [0.25, 0.3) is 5.69 Å². The number of ether oxygens (including phenoxy) is 1. The molecule has 1 fully saturated rings. The van der Waals surface area contributed by atoms with Gasteiger partial charge in [0.2, 0.25) is 5.91 Å². The normalized spacial score (nSPS) is 15.1. The van der Waals surface area contributed by atoms with E-state index in [0.29, 0.717) is 5.56 Å². The monoisotopic (exact) mass is 397 g/mol. The van der Waals surface area contributed by atoms with E-state index in [0.717, 1.165) is 30.9 Å². The first-order valence-corrected chi connectivity index (χ1v) is 9.84. The molecule has 0 bridgehead atoms. The third kappa shape index (κ3) is 5.12. The van der Waals surface area contributed by atoms with Crippen molar-refractivity contribution >= 4 is 11.6 Å². The van der Waals surface area contributed by atoms with Crippen LogP contribution < -0.4 is 4.74 Å². The second-order valence-corrected chi connectivity index (χ2v) is 7.37. The van der Waals surface area contributed by atoms with Gasteiger partial charge < -0.3 is 14.5 Å². The summed E-state index contributed by atoms with van der Waals surface area (Å²) in [6.07, 6.45) is 2.32. The molecule has 2 aromatic rings. The Morgan fingerprint density at radius 1 is 1.21 bits per heavy atom. The number of carbonyl (C=O) groups excluding carboxylic acids is 1. The molecule has 0 saturated carbocycles. The Balaban J connectivity index is 1.84. The maximum absolute atomic E-state index is 13.1. The Bertz CT molecular complexity index is 865. The molecule has 3 rings (SSSR count). The molecule has 1 saturated heterocycles. The number of likely N-dealkylation sites (N-methyl/N-ethyl adjacent to an activating group) is 1. The number of nitro benzene ring substituents is 1. The van der Waals surface area contributed by atoms with E-state index in [1.807, 2.05) is 24.3 Å². The summed E-state index contributed by atoms with van der Waals surface area (Å²) in [5, 5.41) is 11.3. The van der Waals surface area contributed by atoms with Crippen molar-refractivity contribution < 1.29 is 14.5 Å². The fourth-order valence-electron chi connectivity index (χ4n) is 3.81. The number of carbonyl (C=O) groups is 1.